The molecule has 0 radical (unpaired) electrons. The van der Waals surface area contributed by atoms with Gasteiger partial charge in [-0.25, -0.2) is 0 Å². The summed E-state index contributed by atoms with van der Waals surface area (Å²) in [6.45, 7) is 5.66. The molecule has 2 heterocycles. The Hall–Kier alpha value is -0.730. The van der Waals surface area contributed by atoms with Crippen molar-refractivity contribution in [3.05, 3.63) is 0 Å². The van der Waals surface area contributed by atoms with E-state index in [4.69, 9.17) is 28.4 Å². The molecule has 7 heteroatoms. The van der Waals surface area contributed by atoms with Gasteiger partial charge in [0, 0.05) is 19.8 Å². The molecule has 7 nitrogen and oxygen atoms in total. The highest BCUT2D eigenvalue weighted by Crippen LogP contribution is 2.31. The zero-order valence-corrected chi connectivity index (χ0v) is 14.2. The fraction of sp³-hybridized carbons (Fsp3) is 0.938. The third kappa shape index (κ3) is 4.87. The fourth-order valence-corrected chi connectivity index (χ4v) is 3.00. The maximum Gasteiger partial charge on any atom is 0.314 e. The number of rotatable bonds is 8. The van der Waals surface area contributed by atoms with Crippen molar-refractivity contribution in [2.45, 2.75) is 57.9 Å². The highest BCUT2D eigenvalue weighted by molar-refractivity contribution is 5.74. The quantitative estimate of drug-likeness (QED) is 0.492. The topological polar surface area (TPSA) is 72.5 Å². The first kappa shape index (κ1) is 18.6. The Kier molecular flexibility index (Phi) is 7.72. The van der Waals surface area contributed by atoms with Gasteiger partial charge in [0.15, 0.2) is 12.6 Å². The van der Waals surface area contributed by atoms with Crippen LogP contribution in [0.4, 0.5) is 0 Å². The molecule has 4 atom stereocenters. The fourth-order valence-electron chi connectivity index (χ4n) is 3.00. The number of hydrogen-bond donors (Lipinski definition) is 0. The second kappa shape index (κ2) is 9.54. The van der Waals surface area contributed by atoms with E-state index in [0.717, 1.165) is 19.3 Å². The Labute approximate surface area is 137 Å². The zero-order valence-electron chi connectivity index (χ0n) is 14.2. The van der Waals surface area contributed by atoms with E-state index in [2.05, 4.69) is 0 Å². The number of esters is 1. The maximum atomic E-state index is 12.3. The molecule has 0 aliphatic carbocycles. The first-order valence-electron chi connectivity index (χ1n) is 8.40. The van der Waals surface area contributed by atoms with Crippen molar-refractivity contribution in [1.29, 1.82) is 0 Å². The summed E-state index contributed by atoms with van der Waals surface area (Å²) in [4.78, 5) is 12.3. The molecule has 2 fully saturated rings. The summed E-state index contributed by atoms with van der Waals surface area (Å²) in [6.07, 6.45) is 1.06. The van der Waals surface area contributed by atoms with Gasteiger partial charge < -0.3 is 28.4 Å². The van der Waals surface area contributed by atoms with Crippen LogP contribution in [0.3, 0.4) is 0 Å². The third-order valence-corrected chi connectivity index (χ3v) is 4.08. The van der Waals surface area contributed by atoms with Crippen LogP contribution in [0.5, 0.6) is 0 Å². The summed E-state index contributed by atoms with van der Waals surface area (Å²) in [5.74, 6) is -0.966. The van der Waals surface area contributed by atoms with Crippen LogP contribution in [0.2, 0.25) is 0 Å². The average Bonchev–Trinajstić information content (AvgIpc) is 2.98. The number of hydrogen-bond acceptors (Lipinski definition) is 7. The lowest BCUT2D eigenvalue weighted by molar-refractivity contribution is -0.211. The van der Waals surface area contributed by atoms with Gasteiger partial charge in [-0.1, -0.05) is 0 Å². The van der Waals surface area contributed by atoms with E-state index in [1.807, 2.05) is 13.8 Å². The number of ether oxygens (including phenoxy) is 6. The smallest absolute Gasteiger partial charge is 0.314 e. The molecule has 23 heavy (non-hydrogen) atoms. The van der Waals surface area contributed by atoms with E-state index >= 15 is 0 Å². The van der Waals surface area contributed by atoms with E-state index in [1.165, 1.54) is 7.11 Å². The molecule has 2 aliphatic heterocycles. The van der Waals surface area contributed by atoms with Crippen LogP contribution in [0, 0.1) is 5.92 Å². The molecule has 134 valence electrons. The molecule has 0 aromatic heterocycles. The number of carbonyl (C=O) groups excluding carboxylic acids is 1. The van der Waals surface area contributed by atoms with Crippen LogP contribution < -0.4 is 0 Å². The van der Waals surface area contributed by atoms with Gasteiger partial charge in [0.25, 0.3) is 0 Å². The summed E-state index contributed by atoms with van der Waals surface area (Å²) < 4.78 is 33.5. The molecule has 0 amide bonds. The molecule has 4 unspecified atom stereocenters. The van der Waals surface area contributed by atoms with Crippen LogP contribution in [-0.2, 0) is 33.2 Å². The lowest BCUT2D eigenvalue weighted by Crippen LogP contribution is -2.44. The van der Waals surface area contributed by atoms with Gasteiger partial charge in [-0.3, -0.25) is 4.79 Å². The van der Waals surface area contributed by atoms with E-state index in [0.29, 0.717) is 26.4 Å². The van der Waals surface area contributed by atoms with E-state index in [-0.39, 0.29) is 12.3 Å². The monoisotopic (exact) mass is 332 g/mol. The highest BCUT2D eigenvalue weighted by Gasteiger charge is 2.49. The Balaban J connectivity index is 2.05. The van der Waals surface area contributed by atoms with Crippen LogP contribution >= 0.6 is 0 Å². The molecule has 2 aliphatic rings. The summed E-state index contributed by atoms with van der Waals surface area (Å²) in [5.41, 5.74) is 0. The van der Waals surface area contributed by atoms with Gasteiger partial charge in [0.1, 0.15) is 18.1 Å². The predicted octanol–water partition coefficient (Wildman–Crippen LogP) is 1.49. The molecule has 2 rings (SSSR count). The molecular weight excluding hydrogens is 304 g/mol. The minimum Gasteiger partial charge on any atom is -0.469 e. The molecule has 0 aromatic rings. The Morgan fingerprint density at radius 2 is 1.91 bits per heavy atom. The summed E-state index contributed by atoms with van der Waals surface area (Å²) >= 11 is 0. The van der Waals surface area contributed by atoms with Crippen LogP contribution in [0.1, 0.15) is 33.1 Å². The maximum absolute atomic E-state index is 12.3. The first-order chi connectivity index (χ1) is 11.2. The highest BCUT2D eigenvalue weighted by atomic mass is 16.7. The second-order valence-corrected chi connectivity index (χ2v) is 5.60. The standard InChI is InChI=1S/C16H28O7/c1-4-19-16(20-5-2)14-13(15(17)18-3)11(10-22-14)23-12-8-6-7-9-21-12/h11-14,16H,4-10H2,1-3H3. The van der Waals surface area contributed by atoms with Crippen molar-refractivity contribution < 1.29 is 33.2 Å². The Morgan fingerprint density at radius 1 is 1.17 bits per heavy atom. The van der Waals surface area contributed by atoms with Crippen LogP contribution in [0.25, 0.3) is 0 Å². The summed E-state index contributed by atoms with van der Waals surface area (Å²) in [6, 6.07) is 0. The van der Waals surface area contributed by atoms with Crippen LogP contribution in [0.15, 0.2) is 0 Å². The summed E-state index contributed by atoms with van der Waals surface area (Å²) in [5, 5.41) is 0. The van der Waals surface area contributed by atoms with Crippen molar-refractivity contribution in [2.75, 3.05) is 33.5 Å². The van der Waals surface area contributed by atoms with Crippen molar-refractivity contribution in [3.63, 3.8) is 0 Å². The Morgan fingerprint density at radius 3 is 2.48 bits per heavy atom. The lowest BCUT2D eigenvalue weighted by atomic mass is 9.98. The zero-order chi connectivity index (χ0) is 16.7. The van der Waals surface area contributed by atoms with Crippen molar-refractivity contribution in [3.8, 4) is 0 Å². The van der Waals surface area contributed by atoms with Gasteiger partial charge in [-0.05, 0) is 33.1 Å². The first-order valence-corrected chi connectivity index (χ1v) is 8.40. The predicted molar refractivity (Wildman–Crippen MR) is 80.8 cm³/mol. The Bertz CT molecular complexity index is 350. The van der Waals surface area contributed by atoms with E-state index in [9.17, 15) is 4.79 Å². The third-order valence-electron chi connectivity index (χ3n) is 4.08. The average molecular weight is 332 g/mol. The molecule has 0 bridgehead atoms. The minimum absolute atomic E-state index is 0.291. The largest absolute Gasteiger partial charge is 0.469 e. The second-order valence-electron chi connectivity index (χ2n) is 5.60. The molecule has 2 saturated heterocycles. The number of carbonyl (C=O) groups is 1. The normalized spacial score (nSPS) is 31.5. The van der Waals surface area contributed by atoms with Gasteiger partial charge >= 0.3 is 5.97 Å². The van der Waals surface area contributed by atoms with Gasteiger partial charge in [-0.15, -0.1) is 0 Å². The summed E-state index contributed by atoms with van der Waals surface area (Å²) in [7, 11) is 1.36. The SMILES string of the molecule is CCOC(OCC)C1OCC(OC2CCCCO2)C1C(=O)OC. The van der Waals surface area contributed by atoms with Gasteiger partial charge in [0.05, 0.1) is 13.7 Å². The van der Waals surface area contributed by atoms with Crippen molar-refractivity contribution >= 4 is 5.97 Å². The van der Waals surface area contributed by atoms with E-state index < -0.39 is 24.4 Å². The molecular formula is C16H28O7. The van der Waals surface area contributed by atoms with Crippen LogP contribution in [-0.4, -0.2) is 64.3 Å². The molecule has 0 aromatic carbocycles. The molecule has 0 spiro atoms. The van der Waals surface area contributed by atoms with E-state index in [1.54, 1.807) is 0 Å². The molecule has 0 saturated carbocycles. The van der Waals surface area contributed by atoms with Gasteiger partial charge in [0.2, 0.25) is 0 Å². The van der Waals surface area contributed by atoms with Crippen molar-refractivity contribution in [2.24, 2.45) is 5.92 Å². The number of methoxy groups -OCH3 is 1. The lowest BCUT2D eigenvalue weighted by Gasteiger charge is -2.30. The van der Waals surface area contributed by atoms with Gasteiger partial charge in [-0.2, -0.15) is 0 Å². The van der Waals surface area contributed by atoms with Crippen molar-refractivity contribution in [1.82, 2.24) is 0 Å². The minimum atomic E-state index is -0.616. The molecule has 0 N–H and O–H groups in total.